The maximum atomic E-state index is 4.51. The third-order valence-corrected chi connectivity index (χ3v) is 5.46. The Morgan fingerprint density at radius 2 is 1.93 bits per heavy atom. The fraction of sp³-hybridized carbons (Fsp3) is 0.524. The molecule has 148 valence electrons. The number of halogens is 1. The van der Waals surface area contributed by atoms with Crippen molar-refractivity contribution in [2.45, 2.75) is 51.5 Å². The molecule has 0 atom stereocenters. The molecule has 1 aliphatic carbocycles. The van der Waals surface area contributed by atoms with E-state index in [0.717, 1.165) is 37.7 Å². The molecule has 5 nitrogen and oxygen atoms in total. The summed E-state index contributed by atoms with van der Waals surface area (Å²) in [4.78, 5) is 4.38. The lowest BCUT2D eigenvalue weighted by Gasteiger charge is -2.43. The van der Waals surface area contributed by atoms with Gasteiger partial charge in [-0.15, -0.1) is 24.0 Å². The molecule has 0 saturated heterocycles. The van der Waals surface area contributed by atoms with Gasteiger partial charge in [0.05, 0.1) is 5.69 Å². The summed E-state index contributed by atoms with van der Waals surface area (Å²) >= 11 is 0. The molecule has 0 bridgehead atoms. The Morgan fingerprint density at radius 3 is 2.48 bits per heavy atom. The molecule has 0 spiro atoms. The van der Waals surface area contributed by atoms with Crippen LogP contribution >= 0.6 is 24.0 Å². The van der Waals surface area contributed by atoms with E-state index in [-0.39, 0.29) is 29.4 Å². The van der Waals surface area contributed by atoms with Crippen molar-refractivity contribution < 1.29 is 0 Å². The first-order chi connectivity index (χ1) is 12.6. The Kier molecular flexibility index (Phi) is 8.13. The molecule has 1 aliphatic rings. The average Bonchev–Trinajstić information content (AvgIpc) is 2.94. The van der Waals surface area contributed by atoms with E-state index in [2.05, 4.69) is 68.7 Å². The molecule has 2 aromatic rings. The number of nitrogens with zero attached hydrogens (tertiary/aromatic N) is 3. The lowest BCUT2D eigenvalue weighted by atomic mass is 9.64. The number of benzene rings is 1. The first-order valence-electron chi connectivity index (χ1n) is 9.64. The Morgan fingerprint density at radius 1 is 1.19 bits per heavy atom. The Bertz CT molecular complexity index is 734. The van der Waals surface area contributed by atoms with Crippen molar-refractivity contribution in [3.05, 3.63) is 53.3 Å². The maximum absolute atomic E-state index is 4.51. The second kappa shape index (κ2) is 10.1. The lowest BCUT2D eigenvalue weighted by Crippen LogP contribution is -2.49. The van der Waals surface area contributed by atoms with Crippen LogP contribution in [0.15, 0.2) is 41.4 Å². The maximum Gasteiger partial charge on any atom is 0.191 e. The number of aromatic nitrogens is 2. The fourth-order valence-electron chi connectivity index (χ4n) is 3.77. The zero-order valence-electron chi connectivity index (χ0n) is 16.7. The third kappa shape index (κ3) is 5.46. The van der Waals surface area contributed by atoms with Crippen LogP contribution in [0.3, 0.4) is 0 Å². The highest BCUT2D eigenvalue weighted by Crippen LogP contribution is 2.43. The summed E-state index contributed by atoms with van der Waals surface area (Å²) in [7, 11) is 1.84. The normalized spacial score (nSPS) is 15.6. The summed E-state index contributed by atoms with van der Waals surface area (Å²) in [5, 5.41) is 11.5. The second-order valence-corrected chi connectivity index (χ2v) is 7.36. The molecule has 0 amide bonds. The molecular weight excluding hydrogens is 449 g/mol. The van der Waals surface area contributed by atoms with Gasteiger partial charge in [-0.3, -0.25) is 9.67 Å². The van der Waals surface area contributed by atoms with Crippen LogP contribution in [-0.2, 0) is 12.0 Å². The van der Waals surface area contributed by atoms with Crippen molar-refractivity contribution in [1.29, 1.82) is 0 Å². The molecule has 6 heteroatoms. The predicted octanol–water partition coefficient (Wildman–Crippen LogP) is 3.79. The summed E-state index contributed by atoms with van der Waals surface area (Å²) in [6.45, 7) is 6.90. The van der Waals surface area contributed by atoms with Gasteiger partial charge in [0, 0.05) is 37.8 Å². The molecular formula is C21H32IN5. The van der Waals surface area contributed by atoms with Crippen molar-refractivity contribution >= 4 is 29.9 Å². The molecule has 0 radical (unpaired) electrons. The molecule has 1 aromatic heterocycles. The van der Waals surface area contributed by atoms with Crippen LogP contribution in [0.5, 0.6) is 0 Å². The highest BCUT2D eigenvalue weighted by Gasteiger charge is 2.38. The number of hydrogen-bond acceptors (Lipinski definition) is 2. The molecule has 0 unspecified atom stereocenters. The first-order valence-corrected chi connectivity index (χ1v) is 9.64. The number of aliphatic imine (C=N–C) groups is 1. The van der Waals surface area contributed by atoms with Crippen LogP contribution in [0.4, 0.5) is 0 Å². The zero-order chi connectivity index (χ0) is 18.4. The van der Waals surface area contributed by atoms with Gasteiger partial charge in [0.1, 0.15) is 0 Å². The minimum absolute atomic E-state index is 0. The molecule has 1 saturated carbocycles. The van der Waals surface area contributed by atoms with Crippen molar-refractivity contribution in [3.8, 4) is 0 Å². The number of hydrogen-bond donors (Lipinski definition) is 2. The molecule has 3 rings (SSSR count). The van der Waals surface area contributed by atoms with Gasteiger partial charge in [0.25, 0.3) is 0 Å². The number of rotatable bonds is 7. The van der Waals surface area contributed by atoms with Crippen LogP contribution in [0.2, 0.25) is 0 Å². The van der Waals surface area contributed by atoms with Gasteiger partial charge >= 0.3 is 0 Å². The minimum Gasteiger partial charge on any atom is -0.356 e. The molecule has 1 fully saturated rings. The number of aryl methyl sites for hydroxylation is 3. The molecule has 1 aromatic carbocycles. The largest absolute Gasteiger partial charge is 0.356 e. The van der Waals surface area contributed by atoms with Gasteiger partial charge in [-0.05, 0) is 44.7 Å². The van der Waals surface area contributed by atoms with E-state index in [1.54, 1.807) is 0 Å². The quantitative estimate of drug-likeness (QED) is 0.274. The van der Waals surface area contributed by atoms with Crippen LogP contribution in [-0.4, -0.2) is 35.9 Å². The van der Waals surface area contributed by atoms with Gasteiger partial charge in [-0.2, -0.15) is 5.10 Å². The van der Waals surface area contributed by atoms with E-state index >= 15 is 0 Å². The highest BCUT2D eigenvalue weighted by molar-refractivity contribution is 14.0. The van der Waals surface area contributed by atoms with Crippen molar-refractivity contribution in [2.24, 2.45) is 4.99 Å². The van der Waals surface area contributed by atoms with Gasteiger partial charge in [-0.1, -0.05) is 36.8 Å². The first kappa shape index (κ1) is 21.7. The van der Waals surface area contributed by atoms with Crippen molar-refractivity contribution in [3.63, 3.8) is 0 Å². The van der Waals surface area contributed by atoms with Crippen LogP contribution in [0.1, 0.15) is 42.6 Å². The van der Waals surface area contributed by atoms with Crippen molar-refractivity contribution in [1.82, 2.24) is 20.4 Å². The van der Waals surface area contributed by atoms with E-state index in [4.69, 9.17) is 0 Å². The number of guanidine groups is 1. The third-order valence-electron chi connectivity index (χ3n) is 5.46. The highest BCUT2D eigenvalue weighted by atomic mass is 127. The topological polar surface area (TPSA) is 54.2 Å². The van der Waals surface area contributed by atoms with E-state index in [1.807, 2.05) is 14.0 Å². The summed E-state index contributed by atoms with van der Waals surface area (Å²) in [6, 6.07) is 13.0. The van der Waals surface area contributed by atoms with Gasteiger partial charge in [-0.25, -0.2) is 0 Å². The fourth-order valence-corrected chi connectivity index (χ4v) is 3.77. The minimum atomic E-state index is 0. The SMILES string of the molecule is CN=C(NCCCn1nc(C)cc1C)NCC1(c2ccccc2)CCC1.I. The second-order valence-electron chi connectivity index (χ2n) is 7.36. The lowest BCUT2D eigenvalue weighted by molar-refractivity contribution is 0.244. The van der Waals surface area contributed by atoms with Gasteiger partial charge < -0.3 is 10.6 Å². The Labute approximate surface area is 180 Å². The smallest absolute Gasteiger partial charge is 0.191 e. The van der Waals surface area contributed by atoms with E-state index in [9.17, 15) is 0 Å². The molecule has 27 heavy (non-hydrogen) atoms. The zero-order valence-corrected chi connectivity index (χ0v) is 19.0. The molecule has 1 heterocycles. The van der Waals surface area contributed by atoms with E-state index in [1.165, 1.54) is 30.5 Å². The molecule has 2 N–H and O–H groups in total. The van der Waals surface area contributed by atoms with Gasteiger partial charge in [0.15, 0.2) is 5.96 Å². The predicted molar refractivity (Wildman–Crippen MR) is 123 cm³/mol. The summed E-state index contributed by atoms with van der Waals surface area (Å²) < 4.78 is 2.08. The van der Waals surface area contributed by atoms with E-state index in [0.29, 0.717) is 0 Å². The van der Waals surface area contributed by atoms with Crippen LogP contribution in [0.25, 0.3) is 0 Å². The summed E-state index contributed by atoms with van der Waals surface area (Å²) in [5.41, 5.74) is 4.01. The van der Waals surface area contributed by atoms with Gasteiger partial charge in [0.2, 0.25) is 0 Å². The van der Waals surface area contributed by atoms with E-state index < -0.39 is 0 Å². The Hall–Kier alpha value is -1.57. The molecule has 0 aliphatic heterocycles. The monoisotopic (exact) mass is 481 g/mol. The van der Waals surface area contributed by atoms with Crippen LogP contribution < -0.4 is 10.6 Å². The summed E-state index contributed by atoms with van der Waals surface area (Å²) in [5.74, 6) is 0.889. The average molecular weight is 481 g/mol. The van der Waals surface area contributed by atoms with Crippen LogP contribution in [0, 0.1) is 13.8 Å². The number of nitrogens with one attached hydrogen (secondary N) is 2. The standard InChI is InChI=1S/C21H31N5.HI/c1-17-15-18(2)26(25-17)14-8-13-23-20(22-3)24-16-21(11-7-12-21)19-9-5-4-6-10-19;/h4-6,9-10,15H,7-8,11-14,16H2,1-3H3,(H2,22,23,24);1H. The summed E-state index contributed by atoms with van der Waals surface area (Å²) in [6.07, 6.45) is 4.83. The Balaban J connectivity index is 0.00000261. The van der Waals surface area contributed by atoms with Crippen molar-refractivity contribution in [2.75, 3.05) is 20.1 Å².